The highest BCUT2D eigenvalue weighted by Crippen LogP contribution is 2.19. The van der Waals surface area contributed by atoms with Crippen molar-refractivity contribution in [1.29, 1.82) is 0 Å². The van der Waals surface area contributed by atoms with E-state index < -0.39 is 0 Å². The molecule has 0 amide bonds. The number of aryl methyl sites for hydroxylation is 1. The van der Waals surface area contributed by atoms with Gasteiger partial charge in [-0.1, -0.05) is 17.3 Å². The van der Waals surface area contributed by atoms with Crippen molar-refractivity contribution in [3.05, 3.63) is 34.9 Å². The van der Waals surface area contributed by atoms with Crippen molar-refractivity contribution in [3.8, 4) is 0 Å². The smallest absolute Gasteiger partial charge is 0.170 e. The number of rotatable bonds is 4. The van der Waals surface area contributed by atoms with Crippen LogP contribution in [0, 0.1) is 6.92 Å². The topological polar surface area (TPSA) is 79.9 Å². The zero-order chi connectivity index (χ0) is 13.9. The molecule has 104 valence electrons. The molecule has 19 heavy (non-hydrogen) atoms. The molecule has 1 fully saturated rings. The van der Waals surface area contributed by atoms with Crippen molar-refractivity contribution >= 4 is 5.84 Å². The second kappa shape index (κ2) is 5.59. The van der Waals surface area contributed by atoms with E-state index in [0.717, 1.165) is 37.3 Å². The largest absolute Gasteiger partial charge is 0.409 e. The van der Waals surface area contributed by atoms with E-state index in [1.165, 1.54) is 5.56 Å². The van der Waals surface area contributed by atoms with Crippen LogP contribution < -0.4 is 11.1 Å². The van der Waals surface area contributed by atoms with E-state index in [2.05, 4.69) is 17.4 Å². The van der Waals surface area contributed by atoms with Crippen molar-refractivity contribution in [1.82, 2.24) is 5.32 Å². The van der Waals surface area contributed by atoms with E-state index >= 15 is 0 Å². The first-order valence-corrected chi connectivity index (χ1v) is 6.44. The third-order valence-corrected chi connectivity index (χ3v) is 3.67. The minimum atomic E-state index is 0.0662. The van der Waals surface area contributed by atoms with Crippen molar-refractivity contribution in [2.24, 2.45) is 10.9 Å². The fourth-order valence-corrected chi connectivity index (χ4v) is 2.23. The lowest BCUT2D eigenvalue weighted by Gasteiger charge is -2.24. The highest BCUT2D eigenvalue weighted by atomic mass is 16.5. The van der Waals surface area contributed by atoms with Crippen LogP contribution in [0.4, 0.5) is 0 Å². The van der Waals surface area contributed by atoms with E-state index in [1.54, 1.807) is 0 Å². The van der Waals surface area contributed by atoms with Gasteiger partial charge < -0.3 is 21.0 Å². The zero-order valence-corrected chi connectivity index (χ0v) is 11.4. The van der Waals surface area contributed by atoms with E-state index in [0.29, 0.717) is 0 Å². The Morgan fingerprint density at radius 2 is 2.37 bits per heavy atom. The molecule has 1 atom stereocenters. The Kier molecular flexibility index (Phi) is 4.07. The van der Waals surface area contributed by atoms with Crippen LogP contribution in [-0.4, -0.2) is 29.8 Å². The summed E-state index contributed by atoms with van der Waals surface area (Å²) < 4.78 is 5.42. The standard InChI is InChI=1S/C14H21N3O2/c1-10-7-11(13(15)17-18)3-4-12(10)8-16-14(2)5-6-19-9-14/h3-4,7,16,18H,5-6,8-9H2,1-2H3,(H2,15,17). The van der Waals surface area contributed by atoms with Crippen LogP contribution in [0.15, 0.2) is 23.4 Å². The summed E-state index contributed by atoms with van der Waals surface area (Å²) in [5.74, 6) is 0.138. The highest BCUT2D eigenvalue weighted by Gasteiger charge is 2.28. The van der Waals surface area contributed by atoms with Gasteiger partial charge in [-0.25, -0.2) is 0 Å². The summed E-state index contributed by atoms with van der Waals surface area (Å²) in [5, 5.41) is 15.2. The van der Waals surface area contributed by atoms with Gasteiger partial charge in [-0.3, -0.25) is 0 Å². The van der Waals surface area contributed by atoms with Gasteiger partial charge >= 0.3 is 0 Å². The summed E-state index contributed by atoms with van der Waals surface area (Å²) in [4.78, 5) is 0. The predicted molar refractivity (Wildman–Crippen MR) is 74.4 cm³/mol. The summed E-state index contributed by atoms with van der Waals surface area (Å²) in [6.07, 6.45) is 1.04. The number of ether oxygens (including phenoxy) is 1. The van der Waals surface area contributed by atoms with Crippen LogP contribution in [-0.2, 0) is 11.3 Å². The van der Waals surface area contributed by atoms with E-state index in [-0.39, 0.29) is 11.4 Å². The monoisotopic (exact) mass is 263 g/mol. The van der Waals surface area contributed by atoms with E-state index in [9.17, 15) is 0 Å². The number of benzene rings is 1. The molecule has 1 heterocycles. The van der Waals surface area contributed by atoms with Gasteiger partial charge in [0, 0.05) is 24.3 Å². The molecule has 1 aliphatic heterocycles. The summed E-state index contributed by atoms with van der Waals surface area (Å²) in [7, 11) is 0. The van der Waals surface area contributed by atoms with Crippen molar-refractivity contribution < 1.29 is 9.94 Å². The minimum absolute atomic E-state index is 0.0662. The molecular formula is C14H21N3O2. The molecule has 1 aromatic rings. The molecule has 5 heteroatoms. The molecular weight excluding hydrogens is 242 g/mol. The number of oxime groups is 1. The van der Waals surface area contributed by atoms with Gasteiger partial charge in [0.2, 0.25) is 0 Å². The van der Waals surface area contributed by atoms with E-state index in [1.807, 2.05) is 25.1 Å². The van der Waals surface area contributed by atoms with Crippen LogP contribution in [0.2, 0.25) is 0 Å². The Morgan fingerprint density at radius 3 is 2.95 bits per heavy atom. The Labute approximate surface area is 113 Å². The van der Waals surface area contributed by atoms with Gasteiger partial charge in [-0.05, 0) is 37.5 Å². The maximum Gasteiger partial charge on any atom is 0.170 e. The highest BCUT2D eigenvalue weighted by molar-refractivity contribution is 5.97. The molecule has 0 aliphatic carbocycles. The first-order valence-electron chi connectivity index (χ1n) is 6.44. The second-order valence-corrected chi connectivity index (χ2v) is 5.34. The Morgan fingerprint density at radius 1 is 1.58 bits per heavy atom. The summed E-state index contributed by atoms with van der Waals surface area (Å²) in [5.41, 5.74) is 8.71. The normalized spacial score (nSPS) is 23.8. The molecule has 1 aromatic carbocycles. The molecule has 1 unspecified atom stereocenters. The average Bonchev–Trinajstić information content (AvgIpc) is 2.83. The molecule has 4 N–H and O–H groups in total. The average molecular weight is 263 g/mol. The van der Waals surface area contributed by atoms with Crippen LogP contribution >= 0.6 is 0 Å². The molecule has 0 aromatic heterocycles. The van der Waals surface area contributed by atoms with Crippen molar-refractivity contribution in [2.45, 2.75) is 32.4 Å². The first-order chi connectivity index (χ1) is 9.04. The maximum absolute atomic E-state index is 8.67. The number of nitrogens with two attached hydrogens (primary N) is 1. The van der Waals surface area contributed by atoms with Crippen LogP contribution in [0.3, 0.4) is 0 Å². The molecule has 5 nitrogen and oxygen atoms in total. The van der Waals surface area contributed by atoms with Crippen molar-refractivity contribution in [2.75, 3.05) is 13.2 Å². The van der Waals surface area contributed by atoms with Crippen molar-refractivity contribution in [3.63, 3.8) is 0 Å². The lowest BCUT2D eigenvalue weighted by Crippen LogP contribution is -2.42. The van der Waals surface area contributed by atoms with Gasteiger partial charge in [0.1, 0.15) is 0 Å². The van der Waals surface area contributed by atoms with Crippen LogP contribution in [0.1, 0.15) is 30.0 Å². The molecule has 0 saturated carbocycles. The summed E-state index contributed by atoms with van der Waals surface area (Å²) >= 11 is 0. The molecule has 0 bridgehead atoms. The Hall–Kier alpha value is -1.59. The minimum Gasteiger partial charge on any atom is -0.409 e. The number of hydrogen-bond donors (Lipinski definition) is 3. The van der Waals surface area contributed by atoms with Crippen LogP contribution in [0.5, 0.6) is 0 Å². The molecule has 1 saturated heterocycles. The third kappa shape index (κ3) is 3.24. The molecule has 1 aliphatic rings. The number of nitrogens with zero attached hydrogens (tertiary/aromatic N) is 1. The first kappa shape index (κ1) is 13.8. The van der Waals surface area contributed by atoms with Gasteiger partial charge in [-0.15, -0.1) is 0 Å². The fourth-order valence-electron chi connectivity index (χ4n) is 2.23. The fraction of sp³-hybridized carbons (Fsp3) is 0.500. The number of hydrogen-bond acceptors (Lipinski definition) is 4. The predicted octanol–water partition coefficient (Wildman–Crippen LogP) is 1.36. The van der Waals surface area contributed by atoms with Gasteiger partial charge in [0.15, 0.2) is 5.84 Å². The number of amidine groups is 1. The zero-order valence-electron chi connectivity index (χ0n) is 11.4. The second-order valence-electron chi connectivity index (χ2n) is 5.34. The van der Waals surface area contributed by atoms with Gasteiger partial charge in [0.25, 0.3) is 0 Å². The maximum atomic E-state index is 8.67. The Balaban J connectivity index is 2.05. The SMILES string of the molecule is Cc1cc(/C(N)=N/O)ccc1CNC1(C)CCOC1. The number of nitrogens with one attached hydrogen (secondary N) is 1. The van der Waals surface area contributed by atoms with E-state index in [4.69, 9.17) is 15.7 Å². The van der Waals surface area contributed by atoms with Gasteiger partial charge in [-0.2, -0.15) is 0 Å². The molecule has 0 radical (unpaired) electrons. The molecule has 2 rings (SSSR count). The Bertz CT molecular complexity index is 480. The summed E-state index contributed by atoms with van der Waals surface area (Å²) in [6, 6.07) is 5.81. The lowest BCUT2D eigenvalue weighted by molar-refractivity contribution is 0.171. The third-order valence-electron chi connectivity index (χ3n) is 3.67. The van der Waals surface area contributed by atoms with Crippen LogP contribution in [0.25, 0.3) is 0 Å². The quantitative estimate of drug-likeness (QED) is 0.332. The lowest BCUT2D eigenvalue weighted by atomic mass is 9.99. The summed E-state index contributed by atoms with van der Waals surface area (Å²) in [6.45, 7) is 6.58. The van der Waals surface area contributed by atoms with Gasteiger partial charge in [0.05, 0.1) is 6.61 Å². The molecule has 0 spiro atoms.